The average molecular weight is 630 g/mol. The number of hydrogen-bond acceptors (Lipinski definition) is 9. The lowest BCUT2D eigenvalue weighted by molar-refractivity contribution is -0.384. The van der Waals surface area contributed by atoms with Crippen LogP contribution >= 0.6 is 23.2 Å². The highest BCUT2D eigenvalue weighted by atomic mass is 35.5. The Balaban J connectivity index is 1.54. The second-order valence-corrected chi connectivity index (χ2v) is 12.3. The van der Waals surface area contributed by atoms with Crippen molar-refractivity contribution >= 4 is 58.2 Å². The number of rotatable bonds is 5. The van der Waals surface area contributed by atoms with Crippen LogP contribution in [-0.4, -0.2) is 69.6 Å². The number of alkyl halides is 2. The first-order valence-corrected chi connectivity index (χ1v) is 14.0. The highest BCUT2D eigenvalue weighted by Crippen LogP contribution is 2.67. The molecule has 4 aliphatic rings. The van der Waals surface area contributed by atoms with Gasteiger partial charge in [-0.15, -0.1) is 23.2 Å². The monoisotopic (exact) mass is 629 g/mol. The number of carbonyl (C=O) groups excluding carboxylic acids is 4. The van der Waals surface area contributed by atoms with Gasteiger partial charge in [-0.1, -0.05) is 17.7 Å². The van der Waals surface area contributed by atoms with Crippen molar-refractivity contribution in [2.45, 2.75) is 28.5 Å². The number of nitro groups is 1. The van der Waals surface area contributed by atoms with E-state index in [9.17, 15) is 34.4 Å². The molecule has 3 fully saturated rings. The molecule has 43 heavy (non-hydrogen) atoms. The smallest absolute Gasteiger partial charge is 0.271 e. The SMILES string of the molecule is COc1cc(O)c([C@H]2C3=CC[C@@H]4C(=O)N(c5cccc([N+](=O)[O-])c5)C(=O)[C@@H]4[C@@H]3C[C@@]3(Cl)C(=O)N(C)C(=O)[C@@]23Cl)c(OC)c1. The third kappa shape index (κ3) is 3.69. The predicted octanol–water partition coefficient (Wildman–Crippen LogP) is 3.51. The van der Waals surface area contributed by atoms with Gasteiger partial charge in [0.1, 0.15) is 17.2 Å². The van der Waals surface area contributed by atoms with E-state index in [1.165, 1.54) is 51.6 Å². The van der Waals surface area contributed by atoms with E-state index in [1.807, 2.05) is 0 Å². The Kier molecular flexibility index (Phi) is 6.51. The Morgan fingerprint density at radius 3 is 2.40 bits per heavy atom. The number of fused-ring (bicyclic) bond motifs is 4. The maximum atomic E-state index is 14.1. The average Bonchev–Trinajstić information content (AvgIpc) is 3.32. The molecule has 14 heteroatoms. The number of phenols is 1. The first-order chi connectivity index (χ1) is 20.3. The number of amides is 4. The van der Waals surface area contributed by atoms with E-state index >= 15 is 0 Å². The molecule has 0 radical (unpaired) electrons. The topological polar surface area (TPSA) is 157 Å². The summed E-state index contributed by atoms with van der Waals surface area (Å²) in [7, 11) is 4.00. The van der Waals surface area contributed by atoms with Crippen LogP contribution in [0.5, 0.6) is 17.2 Å². The lowest BCUT2D eigenvalue weighted by atomic mass is 9.56. The summed E-state index contributed by atoms with van der Waals surface area (Å²) >= 11 is 14.3. The molecule has 224 valence electrons. The summed E-state index contributed by atoms with van der Waals surface area (Å²) in [5.41, 5.74) is 0.267. The largest absolute Gasteiger partial charge is 0.507 e. The standard InChI is InChI=1S/C29H25Cl2N3O9/c1-32-26(38)28(30)12-18-16(23(29(28,31)27(32)39)22-19(35)10-15(42-2)11-20(22)43-3)7-8-17-21(18)25(37)33(24(17)36)13-5-4-6-14(9-13)34(40)41/h4-7,9-11,17-18,21,23,35H,8,12H2,1-3H3/t17-,18+,21-,23+,28+,29-/m0/s1. The van der Waals surface area contributed by atoms with Crippen molar-refractivity contribution < 1.29 is 38.7 Å². The van der Waals surface area contributed by atoms with Crippen LogP contribution in [-0.2, 0) is 19.2 Å². The van der Waals surface area contributed by atoms with Gasteiger partial charge in [0.15, 0.2) is 9.75 Å². The number of imide groups is 2. The van der Waals surface area contributed by atoms with Crippen LogP contribution < -0.4 is 14.4 Å². The number of anilines is 1. The Morgan fingerprint density at radius 2 is 1.74 bits per heavy atom. The van der Waals surface area contributed by atoms with Crippen molar-refractivity contribution in [2.75, 3.05) is 26.2 Å². The van der Waals surface area contributed by atoms with Crippen LogP contribution in [0.3, 0.4) is 0 Å². The van der Waals surface area contributed by atoms with Gasteiger partial charge in [-0.3, -0.25) is 34.2 Å². The number of nitrogens with zero attached hydrogens (tertiary/aromatic N) is 3. The highest BCUT2D eigenvalue weighted by molar-refractivity contribution is 6.53. The maximum Gasteiger partial charge on any atom is 0.271 e. The van der Waals surface area contributed by atoms with Gasteiger partial charge in [-0.2, -0.15) is 0 Å². The molecule has 2 heterocycles. The van der Waals surface area contributed by atoms with Crippen molar-refractivity contribution in [3.63, 3.8) is 0 Å². The number of non-ortho nitro benzene ring substituents is 1. The second-order valence-electron chi connectivity index (χ2n) is 11.0. The van der Waals surface area contributed by atoms with E-state index in [2.05, 4.69) is 0 Å². The number of likely N-dealkylation sites (tertiary alicyclic amines) is 1. The zero-order valence-corrected chi connectivity index (χ0v) is 24.6. The fourth-order valence-corrected chi connectivity index (χ4v) is 8.23. The van der Waals surface area contributed by atoms with Crippen LogP contribution in [0.25, 0.3) is 0 Å². The number of benzene rings is 2. The van der Waals surface area contributed by atoms with Crippen LogP contribution in [0, 0.1) is 27.9 Å². The molecule has 0 bridgehead atoms. The Morgan fingerprint density at radius 1 is 1.02 bits per heavy atom. The minimum Gasteiger partial charge on any atom is -0.507 e. The molecular formula is C29H25Cl2N3O9. The summed E-state index contributed by atoms with van der Waals surface area (Å²) < 4.78 is 10.8. The van der Waals surface area contributed by atoms with Gasteiger partial charge in [0.05, 0.1) is 36.7 Å². The summed E-state index contributed by atoms with van der Waals surface area (Å²) in [6.07, 6.45) is 1.53. The van der Waals surface area contributed by atoms with E-state index in [4.69, 9.17) is 32.7 Å². The van der Waals surface area contributed by atoms with E-state index in [0.717, 1.165) is 15.9 Å². The molecule has 0 unspecified atom stereocenters. The summed E-state index contributed by atoms with van der Waals surface area (Å²) in [6, 6.07) is 8.00. The third-order valence-corrected chi connectivity index (χ3v) is 10.6. The van der Waals surface area contributed by atoms with Crippen molar-refractivity contribution in [3.05, 3.63) is 63.7 Å². The summed E-state index contributed by atoms with van der Waals surface area (Å²) in [5, 5.41) is 22.7. The molecule has 12 nitrogen and oxygen atoms in total. The van der Waals surface area contributed by atoms with Gasteiger partial charge in [-0.05, 0) is 24.8 Å². The molecule has 6 atom stereocenters. The Bertz CT molecular complexity index is 1680. The molecule has 0 aromatic heterocycles. The predicted molar refractivity (Wildman–Crippen MR) is 152 cm³/mol. The zero-order valence-electron chi connectivity index (χ0n) is 23.1. The van der Waals surface area contributed by atoms with E-state index in [-0.39, 0.29) is 47.0 Å². The fraction of sp³-hybridized carbons (Fsp3) is 0.379. The number of allylic oxidation sites excluding steroid dienone is 2. The summed E-state index contributed by atoms with van der Waals surface area (Å²) in [6.45, 7) is 0. The third-order valence-electron chi connectivity index (χ3n) is 9.15. The minimum absolute atomic E-state index is 0.0427. The number of ether oxygens (including phenoxy) is 2. The lowest BCUT2D eigenvalue weighted by Crippen LogP contribution is -2.60. The second kappa shape index (κ2) is 9.68. The molecule has 2 aromatic carbocycles. The van der Waals surface area contributed by atoms with Crippen LogP contribution in [0.1, 0.15) is 24.3 Å². The lowest BCUT2D eigenvalue weighted by Gasteiger charge is -2.51. The summed E-state index contributed by atoms with van der Waals surface area (Å²) in [5.74, 6) is -6.72. The minimum atomic E-state index is -2.12. The molecule has 6 rings (SSSR count). The quantitative estimate of drug-likeness (QED) is 0.172. The normalized spacial score (nSPS) is 31.4. The van der Waals surface area contributed by atoms with Crippen molar-refractivity contribution in [3.8, 4) is 17.2 Å². The van der Waals surface area contributed by atoms with Gasteiger partial charge in [-0.25, -0.2) is 4.90 Å². The van der Waals surface area contributed by atoms with Crippen LogP contribution in [0.2, 0.25) is 0 Å². The molecule has 4 amide bonds. The number of phenolic OH excluding ortho intramolecular Hbond substituents is 1. The van der Waals surface area contributed by atoms with Crippen molar-refractivity contribution in [1.29, 1.82) is 0 Å². The molecule has 2 saturated heterocycles. The van der Waals surface area contributed by atoms with Gasteiger partial charge in [0, 0.05) is 42.8 Å². The number of nitro benzene ring substituents is 1. The van der Waals surface area contributed by atoms with Crippen LogP contribution in [0.4, 0.5) is 11.4 Å². The van der Waals surface area contributed by atoms with Gasteiger partial charge in [0.25, 0.3) is 17.5 Å². The van der Waals surface area contributed by atoms with Crippen molar-refractivity contribution in [1.82, 2.24) is 4.90 Å². The first kappa shape index (κ1) is 28.9. The highest BCUT2D eigenvalue weighted by Gasteiger charge is 2.76. The molecule has 0 spiro atoms. The van der Waals surface area contributed by atoms with Crippen molar-refractivity contribution in [2.24, 2.45) is 17.8 Å². The molecule has 1 saturated carbocycles. The maximum absolute atomic E-state index is 14.1. The number of methoxy groups -OCH3 is 2. The Labute approximate surface area is 254 Å². The fourth-order valence-electron chi connectivity index (χ4n) is 7.23. The molecule has 2 aliphatic carbocycles. The molecule has 2 aliphatic heterocycles. The van der Waals surface area contributed by atoms with Gasteiger partial charge in [0.2, 0.25) is 11.8 Å². The number of carbonyl (C=O) groups is 4. The Hall–Kier alpha value is -4.16. The van der Waals surface area contributed by atoms with E-state index in [1.54, 1.807) is 6.08 Å². The first-order valence-electron chi connectivity index (χ1n) is 13.3. The molecular weight excluding hydrogens is 605 g/mol. The van der Waals surface area contributed by atoms with Crippen LogP contribution in [0.15, 0.2) is 48.0 Å². The van der Waals surface area contributed by atoms with E-state index in [0.29, 0.717) is 5.57 Å². The number of halogens is 2. The van der Waals surface area contributed by atoms with Gasteiger partial charge < -0.3 is 14.6 Å². The molecule has 1 N–H and O–H groups in total. The summed E-state index contributed by atoms with van der Waals surface area (Å²) in [4.78, 5) is 63.5. The van der Waals surface area contributed by atoms with Gasteiger partial charge >= 0.3 is 0 Å². The molecule has 2 aromatic rings. The number of hydrogen-bond donors (Lipinski definition) is 1. The van der Waals surface area contributed by atoms with E-state index < -0.39 is 62.0 Å². The zero-order chi connectivity index (χ0) is 31.2. The number of aromatic hydroxyl groups is 1.